The van der Waals surface area contributed by atoms with Crippen molar-refractivity contribution in [3.05, 3.63) is 205 Å². The van der Waals surface area contributed by atoms with Gasteiger partial charge in [0.05, 0.1) is 28.1 Å². The summed E-state index contributed by atoms with van der Waals surface area (Å²) < 4.78 is 4.99. The molecule has 1 aliphatic heterocycles. The fourth-order valence-electron chi connectivity index (χ4n) is 8.81. The average Bonchev–Trinajstić information content (AvgIpc) is 3.77. The summed E-state index contributed by atoms with van der Waals surface area (Å²) in [6, 6.07) is 57.6. The lowest BCUT2D eigenvalue weighted by Gasteiger charge is -2.28. The molecule has 256 valence electrons. The number of nitrogens with zero attached hydrogens (tertiary/aromatic N) is 2. The van der Waals surface area contributed by atoms with E-state index < -0.39 is 0 Å². The van der Waals surface area contributed by atoms with Crippen LogP contribution in [0.5, 0.6) is 0 Å². The van der Waals surface area contributed by atoms with Crippen molar-refractivity contribution in [1.82, 2.24) is 14.5 Å². The largest absolute Gasteiger partial charge is 0.374 e. The zero-order chi connectivity index (χ0) is 35.6. The molecule has 0 spiro atoms. The van der Waals surface area contributed by atoms with Gasteiger partial charge in [0.25, 0.3) is 0 Å². The number of aromatic nitrogens is 2. The lowest BCUT2D eigenvalue weighted by atomic mass is 9.94. The average molecular weight is 692 g/mol. The Bertz CT molecular complexity index is 3070. The normalized spacial score (nSPS) is 15.9. The number of hydrogen-bond acceptors (Lipinski definition) is 1. The Morgan fingerprint density at radius 3 is 1.98 bits per heavy atom. The first-order valence-corrected chi connectivity index (χ1v) is 19.0. The molecular formula is C51H37N3. The lowest BCUT2D eigenvalue weighted by Crippen LogP contribution is -2.24. The first-order valence-electron chi connectivity index (χ1n) is 19.0. The van der Waals surface area contributed by atoms with Crippen LogP contribution in [0.4, 0.5) is 0 Å². The van der Waals surface area contributed by atoms with Gasteiger partial charge in [0, 0.05) is 38.6 Å². The first-order chi connectivity index (χ1) is 26.8. The molecule has 3 heteroatoms. The second kappa shape index (κ2) is 12.4. The standard InChI is InChI=1S/C51H37N3/c1-3-15-35(16-4-1)46-32-41(33-47(52-46)39-19-13-18-37(31-39)38-27-26-34-14-7-8-17-36(34)30-38)54-49-25-12-10-23-43(49)45-29-28-44-42-22-9-11-24-48(42)53(50(44)51(45)54)40-20-5-2-6-21-40/h2-3,5-33,47,52H,1,4H2. The molecule has 0 saturated heterocycles. The van der Waals surface area contributed by atoms with Crippen LogP contribution in [0.3, 0.4) is 0 Å². The number of hydrogen-bond donors (Lipinski definition) is 1. The maximum atomic E-state index is 3.98. The van der Waals surface area contributed by atoms with Gasteiger partial charge in [-0.3, -0.25) is 0 Å². The summed E-state index contributed by atoms with van der Waals surface area (Å²) in [6.45, 7) is 0. The van der Waals surface area contributed by atoms with E-state index >= 15 is 0 Å². The van der Waals surface area contributed by atoms with E-state index in [1.165, 1.54) is 76.6 Å². The molecule has 0 radical (unpaired) electrons. The number of nitrogens with one attached hydrogen (secondary N) is 1. The molecule has 54 heavy (non-hydrogen) atoms. The molecule has 2 aliphatic rings. The van der Waals surface area contributed by atoms with Crippen LogP contribution in [0, 0.1) is 0 Å². The summed E-state index contributed by atoms with van der Waals surface area (Å²) in [5.41, 5.74) is 13.2. The van der Waals surface area contributed by atoms with Crippen molar-refractivity contribution < 1.29 is 0 Å². The highest BCUT2D eigenvalue weighted by molar-refractivity contribution is 6.24. The van der Waals surface area contributed by atoms with Gasteiger partial charge in [0.15, 0.2) is 0 Å². The van der Waals surface area contributed by atoms with Crippen LogP contribution in [-0.2, 0) is 0 Å². The van der Waals surface area contributed by atoms with Crippen LogP contribution in [-0.4, -0.2) is 9.13 Å². The first kappa shape index (κ1) is 30.8. The van der Waals surface area contributed by atoms with Crippen molar-refractivity contribution in [2.24, 2.45) is 0 Å². The Morgan fingerprint density at radius 1 is 0.519 bits per heavy atom. The van der Waals surface area contributed by atoms with Crippen LogP contribution in [0.15, 0.2) is 199 Å². The van der Waals surface area contributed by atoms with Gasteiger partial charge in [0.1, 0.15) is 0 Å². The second-order valence-corrected chi connectivity index (χ2v) is 14.5. The topological polar surface area (TPSA) is 21.9 Å². The number of allylic oxidation sites excluding steroid dienone is 5. The van der Waals surface area contributed by atoms with Gasteiger partial charge >= 0.3 is 0 Å². The van der Waals surface area contributed by atoms with Crippen LogP contribution >= 0.6 is 0 Å². The monoisotopic (exact) mass is 691 g/mol. The van der Waals surface area contributed by atoms with Crippen molar-refractivity contribution in [2.45, 2.75) is 18.9 Å². The second-order valence-electron chi connectivity index (χ2n) is 14.5. The third-order valence-electron chi connectivity index (χ3n) is 11.3. The predicted molar refractivity (Wildman–Crippen MR) is 228 cm³/mol. The fourth-order valence-corrected chi connectivity index (χ4v) is 8.81. The van der Waals surface area contributed by atoms with Crippen molar-refractivity contribution in [1.29, 1.82) is 0 Å². The quantitative estimate of drug-likeness (QED) is 0.191. The van der Waals surface area contributed by atoms with Gasteiger partial charge in [-0.15, -0.1) is 0 Å². The van der Waals surface area contributed by atoms with Crippen LogP contribution in [0.1, 0.15) is 24.4 Å². The number of fused-ring (bicyclic) bond motifs is 8. The summed E-state index contributed by atoms with van der Waals surface area (Å²) >= 11 is 0. The Morgan fingerprint density at radius 2 is 1.20 bits per heavy atom. The molecule has 1 N–H and O–H groups in total. The minimum atomic E-state index is -0.0490. The zero-order valence-corrected chi connectivity index (χ0v) is 29.8. The Labute approximate surface area is 314 Å². The Hall–Kier alpha value is -6.84. The minimum Gasteiger partial charge on any atom is -0.374 e. The maximum absolute atomic E-state index is 3.98. The van der Waals surface area contributed by atoms with Gasteiger partial charge in [-0.05, 0) is 94.4 Å². The molecule has 2 aromatic heterocycles. The molecule has 0 fully saturated rings. The fraction of sp³-hybridized carbons (Fsp3) is 0.0588. The van der Waals surface area contributed by atoms with Crippen molar-refractivity contribution in [3.8, 4) is 16.8 Å². The van der Waals surface area contributed by atoms with Gasteiger partial charge in [0.2, 0.25) is 0 Å². The van der Waals surface area contributed by atoms with Crippen LogP contribution in [0.25, 0.3) is 76.9 Å². The lowest BCUT2D eigenvalue weighted by molar-refractivity contribution is 0.711. The summed E-state index contributed by atoms with van der Waals surface area (Å²) in [5, 5.41) is 11.5. The van der Waals surface area contributed by atoms with Crippen molar-refractivity contribution >= 4 is 60.1 Å². The van der Waals surface area contributed by atoms with E-state index in [1.807, 2.05) is 0 Å². The third kappa shape index (κ3) is 4.89. The summed E-state index contributed by atoms with van der Waals surface area (Å²) in [7, 11) is 0. The summed E-state index contributed by atoms with van der Waals surface area (Å²) in [4.78, 5) is 0. The minimum absolute atomic E-state index is 0.0490. The van der Waals surface area contributed by atoms with Crippen LogP contribution in [0.2, 0.25) is 0 Å². The molecule has 0 bridgehead atoms. The number of dihydropyridines is 1. The maximum Gasteiger partial charge on any atom is 0.0788 e. The molecule has 3 nitrogen and oxygen atoms in total. The van der Waals surface area contributed by atoms with E-state index in [1.54, 1.807) is 0 Å². The third-order valence-corrected chi connectivity index (χ3v) is 11.3. The molecule has 7 aromatic carbocycles. The van der Waals surface area contributed by atoms with E-state index in [0.717, 1.165) is 29.9 Å². The highest BCUT2D eigenvalue weighted by Crippen LogP contribution is 2.43. The molecule has 0 amide bonds. The Balaban J connectivity index is 1.18. The molecule has 11 rings (SSSR count). The molecule has 0 saturated carbocycles. The van der Waals surface area contributed by atoms with E-state index in [2.05, 4.69) is 203 Å². The smallest absolute Gasteiger partial charge is 0.0788 e. The van der Waals surface area contributed by atoms with Gasteiger partial charge < -0.3 is 14.5 Å². The number of benzene rings is 7. The molecule has 1 atom stereocenters. The van der Waals surface area contributed by atoms with Gasteiger partial charge in [-0.1, -0.05) is 140 Å². The highest BCUT2D eigenvalue weighted by Gasteiger charge is 2.25. The van der Waals surface area contributed by atoms with Crippen molar-refractivity contribution in [2.75, 3.05) is 0 Å². The zero-order valence-electron chi connectivity index (χ0n) is 29.8. The van der Waals surface area contributed by atoms with E-state index in [0.29, 0.717) is 0 Å². The van der Waals surface area contributed by atoms with Gasteiger partial charge in [-0.25, -0.2) is 0 Å². The molecule has 9 aromatic rings. The number of rotatable bonds is 5. The van der Waals surface area contributed by atoms with E-state index in [-0.39, 0.29) is 6.04 Å². The molecule has 1 aliphatic carbocycles. The summed E-state index contributed by atoms with van der Waals surface area (Å²) in [5.74, 6) is 0. The Kier molecular flexibility index (Phi) is 7.06. The molecular weight excluding hydrogens is 655 g/mol. The number of para-hydroxylation sites is 3. The summed E-state index contributed by atoms with van der Waals surface area (Å²) in [6.07, 6.45) is 13.9. The molecule has 3 heterocycles. The van der Waals surface area contributed by atoms with Crippen LogP contribution < -0.4 is 5.32 Å². The van der Waals surface area contributed by atoms with E-state index in [9.17, 15) is 0 Å². The van der Waals surface area contributed by atoms with Gasteiger partial charge in [-0.2, -0.15) is 0 Å². The molecule has 1 unspecified atom stereocenters. The SMILES string of the molecule is C1=CC(C2=CC(n3c4ccccc4c4ccc5c6ccccc6n(-c6ccccc6)c5c43)=CC(c3cccc(-c4ccc5ccccc5c4)c3)N2)=CCC1. The predicted octanol–water partition coefficient (Wildman–Crippen LogP) is 13.1. The van der Waals surface area contributed by atoms with E-state index in [4.69, 9.17) is 0 Å². The van der Waals surface area contributed by atoms with Crippen molar-refractivity contribution in [3.63, 3.8) is 0 Å². The highest BCUT2D eigenvalue weighted by atomic mass is 15.1.